The van der Waals surface area contributed by atoms with Crippen molar-refractivity contribution in [1.29, 1.82) is 0 Å². The zero-order valence-electron chi connectivity index (χ0n) is 19.0. The Morgan fingerprint density at radius 1 is 0.853 bits per heavy atom. The summed E-state index contributed by atoms with van der Waals surface area (Å²) in [5.41, 5.74) is 3.92. The number of benzene rings is 3. The molecule has 0 aliphatic carbocycles. The maximum absolute atomic E-state index is 12.6. The largest absolute Gasteiger partial charge is 0.325 e. The number of anilines is 2. The van der Waals surface area contributed by atoms with Gasteiger partial charge in [-0.05, 0) is 61.9 Å². The minimum atomic E-state index is -0.143. The average Bonchev–Trinajstić information content (AvgIpc) is 3.27. The molecule has 7 nitrogen and oxygen atoms in total. The maximum Gasteiger partial charge on any atom is 0.255 e. The third-order valence-corrected chi connectivity index (χ3v) is 6.18. The fourth-order valence-corrected chi connectivity index (χ4v) is 4.27. The zero-order chi connectivity index (χ0) is 23.9. The minimum absolute atomic E-state index is 0.0999. The molecule has 0 saturated carbocycles. The van der Waals surface area contributed by atoms with Gasteiger partial charge >= 0.3 is 0 Å². The van der Waals surface area contributed by atoms with Crippen LogP contribution in [-0.2, 0) is 11.3 Å². The van der Waals surface area contributed by atoms with Gasteiger partial charge < -0.3 is 15.2 Å². The number of hydrogen-bond acceptors (Lipinski definition) is 5. The van der Waals surface area contributed by atoms with Crippen LogP contribution in [0.3, 0.4) is 0 Å². The monoisotopic (exact) mass is 471 g/mol. The molecule has 3 aromatic carbocycles. The average molecular weight is 472 g/mol. The second kappa shape index (κ2) is 10.8. The van der Waals surface area contributed by atoms with Crippen molar-refractivity contribution in [2.24, 2.45) is 0 Å². The molecule has 0 spiro atoms. The highest BCUT2D eigenvalue weighted by Gasteiger charge is 2.15. The van der Waals surface area contributed by atoms with Crippen molar-refractivity contribution in [2.75, 3.05) is 16.4 Å². The van der Waals surface area contributed by atoms with E-state index in [1.165, 1.54) is 11.8 Å². The van der Waals surface area contributed by atoms with Gasteiger partial charge in [0.15, 0.2) is 11.0 Å². The van der Waals surface area contributed by atoms with Crippen LogP contribution in [0.4, 0.5) is 11.4 Å². The van der Waals surface area contributed by atoms with Crippen molar-refractivity contribution in [3.05, 3.63) is 90.0 Å². The predicted octanol–water partition coefficient (Wildman–Crippen LogP) is 5.26. The van der Waals surface area contributed by atoms with Gasteiger partial charge in [0.2, 0.25) is 5.91 Å². The molecule has 8 heteroatoms. The quantitative estimate of drug-likeness (QED) is 0.342. The van der Waals surface area contributed by atoms with E-state index in [1.54, 1.807) is 0 Å². The second-order valence-corrected chi connectivity index (χ2v) is 8.54. The van der Waals surface area contributed by atoms with Crippen LogP contribution >= 0.6 is 11.8 Å². The first-order valence-corrected chi connectivity index (χ1v) is 11.9. The molecular weight excluding hydrogens is 446 g/mol. The molecule has 4 rings (SSSR count). The third-order valence-electron chi connectivity index (χ3n) is 5.21. The van der Waals surface area contributed by atoms with Crippen molar-refractivity contribution in [2.45, 2.75) is 25.5 Å². The number of carbonyl (C=O) groups is 2. The smallest absolute Gasteiger partial charge is 0.255 e. The molecule has 0 aliphatic heterocycles. The van der Waals surface area contributed by atoms with Crippen molar-refractivity contribution in [3.8, 4) is 11.4 Å². The van der Waals surface area contributed by atoms with Crippen LogP contribution in [0.1, 0.15) is 22.8 Å². The summed E-state index contributed by atoms with van der Waals surface area (Å²) in [5, 5.41) is 15.1. The standard InChI is InChI=1S/C26H25N5O2S/c1-3-31-24(29-30-26(31)34-17-23(32)27-20-10-5-4-6-11-20)19-13-15-21(16-14-19)28-25(33)22-12-8-7-9-18(22)2/h4-16H,3,17H2,1-2H3,(H,27,32)(H,28,33). The second-order valence-electron chi connectivity index (χ2n) is 7.60. The molecule has 1 heterocycles. The van der Waals surface area contributed by atoms with Crippen LogP contribution < -0.4 is 10.6 Å². The van der Waals surface area contributed by atoms with Gasteiger partial charge in [0.25, 0.3) is 5.91 Å². The van der Waals surface area contributed by atoms with Crippen LogP contribution in [0.15, 0.2) is 84.0 Å². The van der Waals surface area contributed by atoms with Crippen LogP contribution in [0, 0.1) is 6.92 Å². The highest BCUT2D eigenvalue weighted by atomic mass is 32.2. The van der Waals surface area contributed by atoms with E-state index < -0.39 is 0 Å². The van der Waals surface area contributed by atoms with Crippen molar-refractivity contribution < 1.29 is 9.59 Å². The Kier molecular flexibility index (Phi) is 7.39. The Labute approximate surface area is 202 Å². The Morgan fingerprint density at radius 2 is 1.53 bits per heavy atom. The summed E-state index contributed by atoms with van der Waals surface area (Å²) in [7, 11) is 0. The van der Waals surface area contributed by atoms with Crippen LogP contribution in [-0.4, -0.2) is 32.3 Å². The highest BCUT2D eigenvalue weighted by Crippen LogP contribution is 2.25. The van der Waals surface area contributed by atoms with E-state index in [0.717, 1.165) is 16.8 Å². The van der Waals surface area contributed by atoms with Crippen molar-refractivity contribution in [1.82, 2.24) is 14.8 Å². The number of hydrogen-bond donors (Lipinski definition) is 2. The summed E-state index contributed by atoms with van der Waals surface area (Å²) in [6.45, 7) is 4.59. The summed E-state index contributed by atoms with van der Waals surface area (Å²) >= 11 is 1.35. The maximum atomic E-state index is 12.6. The lowest BCUT2D eigenvalue weighted by molar-refractivity contribution is -0.113. The summed E-state index contributed by atoms with van der Waals surface area (Å²) in [6.07, 6.45) is 0. The summed E-state index contributed by atoms with van der Waals surface area (Å²) < 4.78 is 1.97. The number of amides is 2. The first-order chi connectivity index (χ1) is 16.5. The van der Waals surface area contributed by atoms with E-state index in [9.17, 15) is 9.59 Å². The number of aromatic nitrogens is 3. The van der Waals surface area contributed by atoms with E-state index in [0.29, 0.717) is 28.8 Å². The molecule has 0 bridgehead atoms. The third kappa shape index (κ3) is 5.52. The van der Waals surface area contributed by atoms with Crippen LogP contribution in [0.2, 0.25) is 0 Å². The van der Waals surface area contributed by atoms with Gasteiger partial charge in [0.1, 0.15) is 0 Å². The lowest BCUT2D eigenvalue weighted by Gasteiger charge is -2.10. The number of nitrogens with one attached hydrogen (secondary N) is 2. The summed E-state index contributed by atoms with van der Waals surface area (Å²) in [6, 6.07) is 24.3. The number of carbonyl (C=O) groups excluding carboxylic acids is 2. The van der Waals surface area contributed by atoms with E-state index in [4.69, 9.17) is 0 Å². The lowest BCUT2D eigenvalue weighted by atomic mass is 10.1. The highest BCUT2D eigenvalue weighted by molar-refractivity contribution is 7.99. The first-order valence-electron chi connectivity index (χ1n) is 10.9. The van der Waals surface area contributed by atoms with Gasteiger partial charge in [-0.15, -0.1) is 10.2 Å². The Bertz CT molecular complexity index is 1290. The van der Waals surface area contributed by atoms with Gasteiger partial charge in [-0.3, -0.25) is 9.59 Å². The van der Waals surface area contributed by atoms with Crippen LogP contribution in [0.25, 0.3) is 11.4 Å². The fraction of sp³-hybridized carbons (Fsp3) is 0.154. The SMILES string of the molecule is CCn1c(SCC(=O)Nc2ccccc2)nnc1-c1ccc(NC(=O)c2ccccc2C)cc1. The predicted molar refractivity (Wildman–Crippen MR) is 136 cm³/mol. The van der Waals surface area contributed by atoms with Gasteiger partial charge in [0.05, 0.1) is 5.75 Å². The first kappa shape index (κ1) is 23.3. The van der Waals surface area contributed by atoms with E-state index >= 15 is 0 Å². The van der Waals surface area contributed by atoms with Gasteiger partial charge in [-0.25, -0.2) is 0 Å². The number of rotatable bonds is 8. The molecular formula is C26H25N5O2S. The molecule has 2 N–H and O–H groups in total. The van der Waals surface area contributed by atoms with E-state index in [1.807, 2.05) is 97.3 Å². The molecule has 0 atom stereocenters. The minimum Gasteiger partial charge on any atom is -0.325 e. The number of thioether (sulfide) groups is 1. The lowest BCUT2D eigenvalue weighted by Crippen LogP contribution is -2.14. The molecule has 172 valence electrons. The Hall–Kier alpha value is -3.91. The Balaban J connectivity index is 1.41. The van der Waals surface area contributed by atoms with E-state index in [-0.39, 0.29) is 17.6 Å². The summed E-state index contributed by atoms with van der Waals surface area (Å²) in [5.74, 6) is 0.703. The number of para-hydroxylation sites is 1. The number of aryl methyl sites for hydroxylation is 1. The number of nitrogens with zero attached hydrogens (tertiary/aromatic N) is 3. The molecule has 2 amide bonds. The van der Waals surface area contributed by atoms with Crippen molar-refractivity contribution in [3.63, 3.8) is 0 Å². The van der Waals surface area contributed by atoms with Gasteiger partial charge in [-0.1, -0.05) is 48.2 Å². The van der Waals surface area contributed by atoms with Gasteiger partial charge in [0, 0.05) is 29.0 Å². The summed E-state index contributed by atoms with van der Waals surface area (Å²) in [4.78, 5) is 24.9. The Morgan fingerprint density at radius 3 is 2.24 bits per heavy atom. The van der Waals surface area contributed by atoms with Crippen LogP contribution in [0.5, 0.6) is 0 Å². The van der Waals surface area contributed by atoms with E-state index in [2.05, 4.69) is 20.8 Å². The molecule has 1 aromatic heterocycles. The topological polar surface area (TPSA) is 88.9 Å². The molecule has 34 heavy (non-hydrogen) atoms. The zero-order valence-corrected chi connectivity index (χ0v) is 19.8. The normalized spacial score (nSPS) is 10.6. The molecule has 0 unspecified atom stereocenters. The fourth-order valence-electron chi connectivity index (χ4n) is 3.47. The molecule has 0 aliphatic rings. The molecule has 4 aromatic rings. The molecule has 0 fully saturated rings. The molecule has 0 radical (unpaired) electrons. The van der Waals surface area contributed by atoms with Crippen molar-refractivity contribution >= 4 is 35.0 Å². The molecule has 0 saturated heterocycles. The van der Waals surface area contributed by atoms with Gasteiger partial charge in [-0.2, -0.15) is 0 Å².